The number of amides is 6. The molecule has 6 atom stereocenters. The quantitative estimate of drug-likeness (QED) is 0.0448. The van der Waals surface area contributed by atoms with E-state index >= 15 is 0 Å². The fourth-order valence-electron chi connectivity index (χ4n) is 8.91. The molecular formula is C45H58AlFIN12O10. The zero-order valence-corrected chi connectivity index (χ0v) is 42.4. The summed E-state index contributed by atoms with van der Waals surface area (Å²) in [5, 5.41) is 23.7. The average molecular weight is 1100 g/mol. The maximum absolute atomic E-state index is 14.2. The molecule has 4 aliphatic rings. The maximum atomic E-state index is 14.2. The van der Waals surface area contributed by atoms with Gasteiger partial charge in [-0.3, -0.25) is 48.3 Å². The van der Waals surface area contributed by atoms with Crippen molar-refractivity contribution in [2.45, 2.75) is 77.2 Å². The summed E-state index contributed by atoms with van der Waals surface area (Å²) in [4.78, 5) is 111. The number of carbonyl (C=O) groups excluding carboxylic acids is 8. The molecule has 0 saturated carbocycles. The van der Waals surface area contributed by atoms with Crippen LogP contribution < -0.4 is 54.3 Å². The summed E-state index contributed by atoms with van der Waals surface area (Å²) in [6.07, 6.45) is 3.03. The van der Waals surface area contributed by atoms with Crippen LogP contribution in [0.15, 0.2) is 48.7 Å². The zero-order valence-electron chi connectivity index (χ0n) is 39.0. The van der Waals surface area contributed by atoms with Crippen LogP contribution in [0.4, 0.5) is 9.21 Å². The summed E-state index contributed by atoms with van der Waals surface area (Å²) in [7, 11) is 0. The summed E-state index contributed by atoms with van der Waals surface area (Å²) in [5.74, 6) is -4.90. The molecule has 1 aromatic heterocycles. The largest absolute Gasteiger partial charge is 1.15 e. The highest BCUT2D eigenvalue weighted by molar-refractivity contribution is 6.41. The summed E-state index contributed by atoms with van der Waals surface area (Å²) >= 11 is -1.71. The lowest BCUT2D eigenvalue weighted by Crippen LogP contribution is -3.47. The number of fused-ring (bicyclic) bond motifs is 3. The van der Waals surface area contributed by atoms with Crippen molar-refractivity contribution >= 4 is 68.3 Å². The minimum atomic E-state index is -3.90. The van der Waals surface area contributed by atoms with Crippen LogP contribution in [-0.2, 0) is 78.3 Å². The van der Waals surface area contributed by atoms with Crippen LogP contribution in [0.1, 0.15) is 54.6 Å². The molecule has 3 aromatic rings. The Kier molecular flexibility index (Phi) is 17.9. The molecule has 375 valence electrons. The molecule has 2 saturated heterocycles. The molecule has 6 N–H and O–H groups in total. The van der Waals surface area contributed by atoms with E-state index in [1.54, 1.807) is 6.92 Å². The number of aryl methyl sites for hydroxylation is 1. The number of carbonyl (C=O) groups is 8. The van der Waals surface area contributed by atoms with Crippen molar-refractivity contribution in [3.05, 3.63) is 76.6 Å². The van der Waals surface area contributed by atoms with Crippen molar-refractivity contribution in [3.8, 4) is 0 Å². The van der Waals surface area contributed by atoms with Gasteiger partial charge in [-0.15, -0.1) is 0 Å². The first-order valence-electron chi connectivity index (χ1n) is 23.4. The molecule has 22 nitrogen and oxygen atoms in total. The van der Waals surface area contributed by atoms with Gasteiger partial charge in [-0.2, -0.15) is 15.4 Å². The second-order valence-electron chi connectivity index (χ2n) is 18.1. The number of hydrogen-bond donors (Lipinski definition) is 6. The van der Waals surface area contributed by atoms with Crippen molar-refractivity contribution in [1.29, 1.82) is 0 Å². The van der Waals surface area contributed by atoms with Crippen LogP contribution in [-0.4, -0.2) is 174 Å². The standard InChI is InChI=1S/C45H60IN12O10.Al.FH/c1-3-28(2)41(44(67)51-34-12-11-31-5-4-6-32-20-35(57(42(31)32)45(34)68)43(66)49-21-33-22-50-54-53-33)52-38(61)24-48-37(60)23-47-36(59)19-29-7-9-30(10-8-29)25-55-13-14-56(26-39(62)63)16-18-58(46,17-15-55)27-40(64)65;;/h4-10,22,28,34-35,41H,3,11-21,23-27H2,1-2H3,(H,47,59)(H,48,60)(H,49,66)(H,51,67)(H,52,61)(H,62,63)(H,64,65)(H,50,53,54);;1H/q;+3;/p-3/t28-,34-,35-,41-,58?;;/m0../s1. The maximum Gasteiger partial charge on any atom is 1.15 e. The number of nitrogens with one attached hydrogen (secondary N) is 6. The Hall–Kier alpha value is -5.59. The van der Waals surface area contributed by atoms with Crippen LogP contribution in [0.3, 0.4) is 0 Å². The van der Waals surface area contributed by atoms with Gasteiger partial charge in [0.25, 0.3) is 5.97 Å². The van der Waals surface area contributed by atoms with Crippen molar-refractivity contribution in [1.82, 2.24) is 51.8 Å². The van der Waals surface area contributed by atoms with Crippen molar-refractivity contribution in [3.63, 3.8) is 0 Å². The van der Waals surface area contributed by atoms with E-state index in [1.807, 2.05) is 54.3 Å². The fourth-order valence-corrected chi connectivity index (χ4v) is 10.2. The topological polar surface area (TPSA) is 266 Å². The van der Waals surface area contributed by atoms with E-state index < -0.39 is 88.0 Å². The molecule has 2 fully saturated rings. The number of anilines is 1. The van der Waals surface area contributed by atoms with E-state index in [0.29, 0.717) is 82.0 Å². The molecule has 25 heteroatoms. The van der Waals surface area contributed by atoms with E-state index in [0.717, 1.165) is 16.7 Å². The molecule has 0 aliphatic carbocycles. The fraction of sp³-hybridized carbons (Fsp3) is 0.511. The van der Waals surface area contributed by atoms with E-state index in [2.05, 4.69) is 69.8 Å². The van der Waals surface area contributed by atoms with Crippen molar-refractivity contribution in [2.24, 2.45) is 5.92 Å². The molecule has 2 unspecified atom stereocenters. The Morgan fingerprint density at radius 1 is 0.914 bits per heavy atom. The van der Waals surface area contributed by atoms with E-state index in [9.17, 15) is 41.9 Å². The number of rotatable bonds is 16. The van der Waals surface area contributed by atoms with Crippen molar-refractivity contribution in [2.75, 3.05) is 70.3 Å². The second kappa shape index (κ2) is 24.0. The highest BCUT2D eigenvalue weighted by Crippen LogP contribution is 2.39. The third kappa shape index (κ3) is 14.1. The van der Waals surface area contributed by atoms with Gasteiger partial charge >= 0.3 is 21.2 Å². The summed E-state index contributed by atoms with van der Waals surface area (Å²) in [6.45, 7) is 6.74. The zero-order chi connectivity index (χ0) is 50.0. The SMILES string of the molecule is CC[C@H](C)[C@H](NC(=O)CNC(=O)CNC(=O)Cc1ccc(CN2CCN3CC[N+]([I-])(CC2)CC(=O)[O][Al]([F])[O]C(=O)C3)cc1)C(=O)N[C@H]1CCc2cccc3c2N(C1=O)[C@H](C(=O)NCc1cn[nH]n1)C3. The molecule has 70 heavy (non-hydrogen) atoms. The molecule has 4 aliphatic heterocycles. The number of H-pyrrole nitrogens is 1. The van der Waals surface area contributed by atoms with Crippen LogP contribution in [0.2, 0.25) is 0 Å². The van der Waals surface area contributed by atoms with Crippen molar-refractivity contribution < 1.29 is 75.0 Å². The van der Waals surface area contributed by atoms with Gasteiger partial charge in [-0.05, 0) is 41.0 Å². The first kappa shape index (κ1) is 52.2. The van der Waals surface area contributed by atoms with Crippen LogP contribution >= 0.6 is 0 Å². The van der Waals surface area contributed by atoms with Crippen LogP contribution in [0, 0.1) is 5.92 Å². The normalized spacial score (nSPS) is 22.6. The molecule has 0 spiro atoms. The third-order valence-electron chi connectivity index (χ3n) is 13.0. The predicted molar refractivity (Wildman–Crippen MR) is 243 cm³/mol. The minimum Gasteiger partial charge on any atom is -0.558 e. The lowest BCUT2D eigenvalue weighted by molar-refractivity contribution is -1.30. The van der Waals surface area contributed by atoms with Crippen LogP contribution in [0.25, 0.3) is 0 Å². The molecule has 7 rings (SSSR count). The summed E-state index contributed by atoms with van der Waals surface area (Å²) < 4.78 is 24.0. The number of nitrogens with zero attached hydrogens (tertiary/aromatic N) is 6. The Morgan fingerprint density at radius 2 is 1.63 bits per heavy atom. The predicted octanol–water partition coefficient (Wildman–Crippen LogP) is -4.73. The first-order valence-corrected chi connectivity index (χ1v) is 25.7. The number of halogens is 2. The van der Waals surface area contributed by atoms with E-state index in [-0.39, 0.29) is 47.0 Å². The first-order chi connectivity index (χ1) is 33.6. The lowest BCUT2D eigenvalue weighted by atomic mass is 9.97. The van der Waals surface area contributed by atoms with E-state index in [1.165, 1.54) is 11.1 Å². The Bertz CT molecular complexity index is 2420. The number of benzene rings is 2. The van der Waals surface area contributed by atoms with Gasteiger partial charge in [0.1, 0.15) is 23.8 Å². The Balaban J connectivity index is 0.859. The molecule has 1 radical (unpaired) electrons. The highest BCUT2D eigenvalue weighted by Gasteiger charge is 2.45. The summed E-state index contributed by atoms with van der Waals surface area (Å²) in [6, 6.07) is 10.3. The molecular weight excluding hydrogens is 1040 g/mol. The summed E-state index contributed by atoms with van der Waals surface area (Å²) in [5.41, 5.74) is 4.63. The number of quaternary nitrogens is 1. The van der Waals surface area contributed by atoms with Gasteiger partial charge in [0.05, 0.1) is 57.6 Å². The van der Waals surface area contributed by atoms with Gasteiger partial charge in [-0.25, -0.2) is 4.79 Å². The van der Waals surface area contributed by atoms with Gasteiger partial charge < -0.3 is 63.2 Å². The molecule has 6 amide bonds. The molecule has 2 bridgehead atoms. The number of aromatic nitrogens is 3. The number of aromatic amines is 1. The molecule has 2 aromatic carbocycles. The highest BCUT2D eigenvalue weighted by atomic mass is 127. The smallest absolute Gasteiger partial charge is 0.558 e. The monoisotopic (exact) mass is 1100 g/mol. The van der Waals surface area contributed by atoms with Gasteiger partial charge in [0.2, 0.25) is 35.4 Å². The Labute approximate surface area is 423 Å². The van der Waals surface area contributed by atoms with Crippen LogP contribution in [0.5, 0.6) is 0 Å². The third-order valence-corrected chi connectivity index (χ3v) is 15.2. The number of hydrogen-bond acceptors (Lipinski definition) is 14. The second-order valence-corrected chi connectivity index (χ2v) is 21.1. The minimum absolute atomic E-state index is 0.00574. The van der Waals surface area contributed by atoms with Gasteiger partial charge in [-0.1, -0.05) is 62.7 Å². The van der Waals surface area contributed by atoms with Gasteiger partial charge in [0.15, 0.2) is 6.54 Å². The Morgan fingerprint density at radius 3 is 2.39 bits per heavy atom. The molecule has 5 heterocycles. The lowest BCUT2D eigenvalue weighted by Gasteiger charge is -2.45. The number of para-hydroxylation sites is 1. The van der Waals surface area contributed by atoms with Gasteiger partial charge in [0, 0.05) is 39.1 Å². The van der Waals surface area contributed by atoms with E-state index in [4.69, 9.17) is 7.58 Å². The average Bonchev–Trinajstić information content (AvgIpc) is 3.99.